The Labute approximate surface area is 100 Å². The summed E-state index contributed by atoms with van der Waals surface area (Å²) in [6.45, 7) is 0. The van der Waals surface area contributed by atoms with Crippen molar-refractivity contribution in [2.24, 2.45) is 0 Å². The van der Waals surface area contributed by atoms with Gasteiger partial charge in [-0.1, -0.05) is 28.1 Å². The van der Waals surface area contributed by atoms with Crippen LogP contribution in [0.1, 0.15) is 10.5 Å². The van der Waals surface area contributed by atoms with Crippen molar-refractivity contribution in [3.05, 3.63) is 46.8 Å². The highest BCUT2D eigenvalue weighted by Crippen LogP contribution is 2.20. The van der Waals surface area contributed by atoms with Crippen molar-refractivity contribution in [2.75, 3.05) is 0 Å². The first-order chi connectivity index (χ1) is 7.66. The number of rotatable bonds is 2. The van der Waals surface area contributed by atoms with Crippen LogP contribution in [0.5, 0.6) is 0 Å². The molecular weight excluding hydrogens is 272 g/mol. The van der Waals surface area contributed by atoms with Crippen LogP contribution in [0.4, 0.5) is 0 Å². The smallest absolute Gasteiger partial charge is 0.356 e. The molecule has 0 fully saturated rings. The number of aromatic nitrogens is 2. The molecule has 4 nitrogen and oxygen atoms in total. The van der Waals surface area contributed by atoms with E-state index in [0.717, 1.165) is 10.0 Å². The Morgan fingerprint density at radius 1 is 1.25 bits per heavy atom. The second kappa shape index (κ2) is 4.40. The van der Waals surface area contributed by atoms with Crippen molar-refractivity contribution < 1.29 is 9.90 Å². The van der Waals surface area contributed by atoms with Gasteiger partial charge in [0.05, 0.1) is 18.1 Å². The zero-order chi connectivity index (χ0) is 11.5. The molecule has 0 atom stereocenters. The molecule has 0 bridgehead atoms. The average Bonchev–Trinajstić information content (AvgIpc) is 2.29. The van der Waals surface area contributed by atoms with Gasteiger partial charge in [-0.05, 0) is 12.1 Å². The highest BCUT2D eigenvalue weighted by atomic mass is 79.9. The largest absolute Gasteiger partial charge is 0.476 e. The van der Waals surface area contributed by atoms with Gasteiger partial charge in [-0.25, -0.2) is 9.78 Å². The SMILES string of the molecule is O=C(O)c1cnc(-c2cccc(Br)c2)cn1. The standard InChI is InChI=1S/C11H7BrN2O2/c12-8-3-1-2-7(4-8)9-5-14-10(6-13-9)11(15)16/h1-6H,(H,15,16). The van der Waals surface area contributed by atoms with Gasteiger partial charge in [0.2, 0.25) is 0 Å². The van der Waals surface area contributed by atoms with Gasteiger partial charge in [-0.3, -0.25) is 4.98 Å². The summed E-state index contributed by atoms with van der Waals surface area (Å²) in [7, 11) is 0. The summed E-state index contributed by atoms with van der Waals surface area (Å²) in [5, 5.41) is 8.68. The van der Waals surface area contributed by atoms with E-state index in [0.29, 0.717) is 5.69 Å². The highest BCUT2D eigenvalue weighted by molar-refractivity contribution is 9.10. The maximum Gasteiger partial charge on any atom is 0.356 e. The Hall–Kier alpha value is -1.75. The number of carbonyl (C=O) groups is 1. The van der Waals surface area contributed by atoms with Crippen LogP contribution >= 0.6 is 15.9 Å². The van der Waals surface area contributed by atoms with E-state index in [1.165, 1.54) is 12.4 Å². The molecule has 1 heterocycles. The van der Waals surface area contributed by atoms with Crippen molar-refractivity contribution in [2.45, 2.75) is 0 Å². The molecular formula is C11H7BrN2O2. The maximum absolute atomic E-state index is 10.6. The minimum absolute atomic E-state index is 0.0567. The first-order valence-corrected chi connectivity index (χ1v) is 5.27. The summed E-state index contributed by atoms with van der Waals surface area (Å²) in [5.74, 6) is -1.08. The van der Waals surface area contributed by atoms with Gasteiger partial charge < -0.3 is 5.11 Å². The molecule has 2 rings (SSSR count). The van der Waals surface area contributed by atoms with E-state index in [1.54, 1.807) is 0 Å². The van der Waals surface area contributed by atoms with Crippen molar-refractivity contribution in [1.29, 1.82) is 0 Å². The molecule has 0 radical (unpaired) electrons. The van der Waals surface area contributed by atoms with Gasteiger partial charge in [-0.15, -0.1) is 0 Å². The zero-order valence-corrected chi connectivity index (χ0v) is 9.68. The van der Waals surface area contributed by atoms with E-state index in [2.05, 4.69) is 25.9 Å². The first kappa shape index (κ1) is 10.8. The van der Waals surface area contributed by atoms with E-state index < -0.39 is 5.97 Å². The van der Waals surface area contributed by atoms with E-state index >= 15 is 0 Å². The Balaban J connectivity index is 2.38. The molecule has 0 spiro atoms. The number of carboxylic acids is 1. The van der Waals surface area contributed by atoms with Gasteiger partial charge >= 0.3 is 5.97 Å². The molecule has 1 N–H and O–H groups in total. The maximum atomic E-state index is 10.6. The number of nitrogens with zero attached hydrogens (tertiary/aromatic N) is 2. The third-order valence-corrected chi connectivity index (χ3v) is 2.48. The average molecular weight is 279 g/mol. The van der Waals surface area contributed by atoms with E-state index in [9.17, 15) is 4.79 Å². The number of aromatic carboxylic acids is 1. The summed E-state index contributed by atoms with van der Waals surface area (Å²) < 4.78 is 0.939. The molecule has 2 aromatic rings. The minimum atomic E-state index is -1.08. The van der Waals surface area contributed by atoms with Crippen LogP contribution in [0.25, 0.3) is 11.3 Å². The van der Waals surface area contributed by atoms with Gasteiger partial charge in [0, 0.05) is 10.0 Å². The fraction of sp³-hybridized carbons (Fsp3) is 0. The van der Waals surface area contributed by atoms with Crippen LogP contribution in [0, 0.1) is 0 Å². The molecule has 0 aliphatic rings. The molecule has 80 valence electrons. The molecule has 0 aliphatic heterocycles. The van der Waals surface area contributed by atoms with Gasteiger partial charge in [-0.2, -0.15) is 0 Å². The van der Waals surface area contributed by atoms with Gasteiger partial charge in [0.25, 0.3) is 0 Å². The Morgan fingerprint density at radius 2 is 2.06 bits per heavy atom. The number of hydrogen-bond acceptors (Lipinski definition) is 3. The Kier molecular flexibility index (Phi) is 2.96. The van der Waals surface area contributed by atoms with E-state index in [4.69, 9.17) is 5.11 Å². The number of benzene rings is 1. The molecule has 0 aliphatic carbocycles. The van der Waals surface area contributed by atoms with Gasteiger partial charge in [0.1, 0.15) is 0 Å². The normalized spacial score (nSPS) is 10.1. The minimum Gasteiger partial charge on any atom is -0.476 e. The molecule has 0 saturated carbocycles. The summed E-state index contributed by atoms with van der Waals surface area (Å²) in [6.07, 6.45) is 2.70. The molecule has 1 aromatic carbocycles. The second-order valence-corrected chi connectivity index (χ2v) is 4.02. The van der Waals surface area contributed by atoms with Crippen LogP contribution in [0.3, 0.4) is 0 Å². The molecule has 0 saturated heterocycles. The lowest BCUT2D eigenvalue weighted by molar-refractivity contribution is 0.0690. The van der Waals surface area contributed by atoms with Crippen LogP contribution in [-0.2, 0) is 0 Å². The highest BCUT2D eigenvalue weighted by Gasteiger charge is 2.06. The predicted molar refractivity (Wildman–Crippen MR) is 62.1 cm³/mol. The third-order valence-electron chi connectivity index (χ3n) is 1.99. The lowest BCUT2D eigenvalue weighted by atomic mass is 10.2. The third kappa shape index (κ3) is 2.25. The molecule has 5 heteroatoms. The topological polar surface area (TPSA) is 63.1 Å². The number of hydrogen-bond donors (Lipinski definition) is 1. The van der Waals surface area contributed by atoms with E-state index in [1.807, 2.05) is 24.3 Å². The Bertz CT molecular complexity index is 526. The van der Waals surface area contributed by atoms with E-state index in [-0.39, 0.29) is 5.69 Å². The molecule has 1 aromatic heterocycles. The van der Waals surface area contributed by atoms with Crippen LogP contribution in [0.2, 0.25) is 0 Å². The first-order valence-electron chi connectivity index (χ1n) is 4.48. The molecule has 16 heavy (non-hydrogen) atoms. The van der Waals surface area contributed by atoms with Crippen LogP contribution in [-0.4, -0.2) is 21.0 Å². The summed E-state index contributed by atoms with van der Waals surface area (Å²) in [6, 6.07) is 7.56. The lowest BCUT2D eigenvalue weighted by Crippen LogP contribution is -2.01. The van der Waals surface area contributed by atoms with Crippen molar-refractivity contribution in [1.82, 2.24) is 9.97 Å². The fourth-order valence-electron chi connectivity index (χ4n) is 1.24. The number of carboxylic acid groups (broad SMARTS) is 1. The monoisotopic (exact) mass is 278 g/mol. The molecule has 0 amide bonds. The summed E-state index contributed by atoms with van der Waals surface area (Å²) in [5.41, 5.74) is 1.48. The molecule has 0 unspecified atom stereocenters. The van der Waals surface area contributed by atoms with Crippen molar-refractivity contribution in [3.63, 3.8) is 0 Å². The lowest BCUT2D eigenvalue weighted by Gasteiger charge is -2.01. The predicted octanol–water partition coefficient (Wildman–Crippen LogP) is 2.60. The summed E-state index contributed by atoms with van der Waals surface area (Å²) in [4.78, 5) is 18.4. The van der Waals surface area contributed by atoms with Crippen LogP contribution < -0.4 is 0 Å². The quantitative estimate of drug-likeness (QED) is 0.917. The van der Waals surface area contributed by atoms with Gasteiger partial charge in [0.15, 0.2) is 5.69 Å². The Morgan fingerprint density at radius 3 is 2.62 bits per heavy atom. The zero-order valence-electron chi connectivity index (χ0n) is 8.09. The fourth-order valence-corrected chi connectivity index (χ4v) is 1.63. The second-order valence-electron chi connectivity index (χ2n) is 3.10. The number of halogens is 1. The van der Waals surface area contributed by atoms with Crippen molar-refractivity contribution >= 4 is 21.9 Å². The summed E-state index contributed by atoms with van der Waals surface area (Å²) >= 11 is 3.35. The van der Waals surface area contributed by atoms with Crippen LogP contribution in [0.15, 0.2) is 41.1 Å². The van der Waals surface area contributed by atoms with Crippen molar-refractivity contribution in [3.8, 4) is 11.3 Å².